The second-order valence-electron chi connectivity index (χ2n) is 6.26. The lowest BCUT2D eigenvalue weighted by Crippen LogP contribution is -2.31. The van der Waals surface area contributed by atoms with Gasteiger partial charge in [-0.05, 0) is 40.9 Å². The highest BCUT2D eigenvalue weighted by Gasteiger charge is 2.16. The lowest BCUT2D eigenvalue weighted by Gasteiger charge is -2.07. The number of nitrogens with zero attached hydrogens (tertiary/aromatic N) is 1. The summed E-state index contributed by atoms with van der Waals surface area (Å²) in [6.07, 6.45) is 0.695. The number of nitrogens with one attached hydrogen (secondary N) is 2. The standard InChI is InChI=1S/C19H19N3O5S2/c23-19(20-11-9-14-13-28-18-4-2-1-3-17(14)18)10-12-21-29(26,27)16-7-5-15(6-8-16)22(24)25/h1-8,13,21H,9-12H2,(H,20,23). The van der Waals surface area contributed by atoms with Crippen LogP contribution in [0.4, 0.5) is 5.69 Å². The van der Waals surface area contributed by atoms with Crippen LogP contribution in [-0.4, -0.2) is 32.3 Å². The van der Waals surface area contributed by atoms with Crippen LogP contribution in [0.3, 0.4) is 0 Å². The molecule has 2 N–H and O–H groups in total. The van der Waals surface area contributed by atoms with Gasteiger partial charge in [0.25, 0.3) is 5.69 Å². The largest absolute Gasteiger partial charge is 0.356 e. The fraction of sp³-hybridized carbons (Fsp3) is 0.211. The summed E-state index contributed by atoms with van der Waals surface area (Å²) in [6, 6.07) is 12.6. The normalized spacial score (nSPS) is 11.4. The molecule has 0 aliphatic rings. The second kappa shape index (κ2) is 9.12. The third kappa shape index (κ3) is 5.37. The number of carbonyl (C=O) groups excluding carboxylic acids is 1. The number of rotatable bonds is 9. The van der Waals surface area contributed by atoms with Crippen molar-refractivity contribution in [3.63, 3.8) is 0 Å². The Morgan fingerprint density at radius 3 is 2.52 bits per heavy atom. The molecule has 0 atom stereocenters. The Morgan fingerprint density at radius 1 is 1.07 bits per heavy atom. The lowest BCUT2D eigenvalue weighted by atomic mass is 10.1. The molecule has 1 amide bonds. The number of nitro benzene ring substituents is 1. The molecular weight excluding hydrogens is 414 g/mol. The smallest absolute Gasteiger partial charge is 0.269 e. The predicted octanol–water partition coefficient (Wildman–Crippen LogP) is 2.84. The molecule has 0 fully saturated rings. The number of non-ortho nitro benzene ring substituents is 1. The highest BCUT2D eigenvalue weighted by molar-refractivity contribution is 7.89. The summed E-state index contributed by atoms with van der Waals surface area (Å²) in [7, 11) is -3.83. The molecule has 29 heavy (non-hydrogen) atoms. The Kier molecular flexibility index (Phi) is 6.57. The van der Waals surface area contributed by atoms with Crippen LogP contribution in [0.5, 0.6) is 0 Å². The molecule has 10 heteroatoms. The first kappa shape index (κ1) is 20.9. The average Bonchev–Trinajstić information content (AvgIpc) is 3.11. The number of amides is 1. The molecule has 0 radical (unpaired) electrons. The van der Waals surface area contributed by atoms with E-state index >= 15 is 0 Å². The van der Waals surface area contributed by atoms with Crippen molar-refractivity contribution in [2.75, 3.05) is 13.1 Å². The van der Waals surface area contributed by atoms with Crippen molar-refractivity contribution in [1.82, 2.24) is 10.0 Å². The number of benzene rings is 2. The highest BCUT2D eigenvalue weighted by Crippen LogP contribution is 2.25. The second-order valence-corrected chi connectivity index (χ2v) is 8.93. The minimum Gasteiger partial charge on any atom is -0.356 e. The summed E-state index contributed by atoms with van der Waals surface area (Å²) in [4.78, 5) is 21.9. The van der Waals surface area contributed by atoms with Crippen molar-refractivity contribution in [1.29, 1.82) is 0 Å². The Labute approximate surface area is 171 Å². The van der Waals surface area contributed by atoms with E-state index in [0.717, 1.165) is 24.3 Å². The molecule has 0 unspecified atom stereocenters. The summed E-state index contributed by atoms with van der Waals surface area (Å²) in [5.41, 5.74) is 0.978. The molecule has 152 valence electrons. The molecule has 0 saturated heterocycles. The Hall–Kier alpha value is -2.82. The highest BCUT2D eigenvalue weighted by atomic mass is 32.2. The Morgan fingerprint density at radius 2 is 1.79 bits per heavy atom. The first-order valence-corrected chi connectivity index (χ1v) is 11.2. The third-order valence-corrected chi connectivity index (χ3v) is 6.77. The molecule has 8 nitrogen and oxygen atoms in total. The zero-order chi connectivity index (χ0) is 20.9. The maximum Gasteiger partial charge on any atom is 0.269 e. The molecule has 0 spiro atoms. The van der Waals surface area contributed by atoms with Crippen LogP contribution in [0.15, 0.2) is 58.8 Å². The van der Waals surface area contributed by atoms with E-state index in [0.29, 0.717) is 13.0 Å². The van der Waals surface area contributed by atoms with Gasteiger partial charge < -0.3 is 5.32 Å². The van der Waals surface area contributed by atoms with Gasteiger partial charge in [0.15, 0.2) is 0 Å². The van der Waals surface area contributed by atoms with Crippen molar-refractivity contribution in [3.8, 4) is 0 Å². The van der Waals surface area contributed by atoms with Crippen molar-refractivity contribution >= 4 is 43.0 Å². The van der Waals surface area contributed by atoms with Crippen LogP contribution in [0, 0.1) is 10.1 Å². The zero-order valence-electron chi connectivity index (χ0n) is 15.3. The minimum atomic E-state index is -3.83. The van der Waals surface area contributed by atoms with Gasteiger partial charge in [0.2, 0.25) is 15.9 Å². The van der Waals surface area contributed by atoms with E-state index in [9.17, 15) is 23.3 Å². The van der Waals surface area contributed by atoms with E-state index < -0.39 is 14.9 Å². The van der Waals surface area contributed by atoms with Gasteiger partial charge in [-0.2, -0.15) is 0 Å². The number of fused-ring (bicyclic) bond motifs is 1. The first-order valence-electron chi connectivity index (χ1n) is 8.83. The van der Waals surface area contributed by atoms with E-state index in [1.165, 1.54) is 15.6 Å². The van der Waals surface area contributed by atoms with E-state index in [2.05, 4.69) is 27.6 Å². The van der Waals surface area contributed by atoms with Gasteiger partial charge >= 0.3 is 0 Å². The van der Waals surface area contributed by atoms with Crippen molar-refractivity contribution in [2.24, 2.45) is 0 Å². The van der Waals surface area contributed by atoms with Crippen LogP contribution in [0.25, 0.3) is 10.1 Å². The molecule has 1 heterocycles. The van der Waals surface area contributed by atoms with Crippen LogP contribution >= 0.6 is 11.3 Å². The molecule has 0 bridgehead atoms. The van der Waals surface area contributed by atoms with Gasteiger partial charge in [-0.25, -0.2) is 13.1 Å². The van der Waals surface area contributed by atoms with E-state index in [1.54, 1.807) is 11.3 Å². The fourth-order valence-corrected chi connectivity index (χ4v) is 4.81. The molecular formula is C19H19N3O5S2. The number of thiophene rings is 1. The van der Waals surface area contributed by atoms with Gasteiger partial charge in [0, 0.05) is 36.3 Å². The van der Waals surface area contributed by atoms with Crippen LogP contribution in [-0.2, 0) is 21.2 Å². The van der Waals surface area contributed by atoms with Crippen molar-refractivity contribution in [2.45, 2.75) is 17.7 Å². The zero-order valence-corrected chi connectivity index (χ0v) is 17.0. The van der Waals surface area contributed by atoms with Crippen LogP contribution in [0.1, 0.15) is 12.0 Å². The van der Waals surface area contributed by atoms with Crippen molar-refractivity contribution in [3.05, 3.63) is 69.6 Å². The third-order valence-electron chi connectivity index (χ3n) is 4.28. The van der Waals surface area contributed by atoms with Gasteiger partial charge in [-0.1, -0.05) is 18.2 Å². The molecule has 1 aromatic heterocycles. The minimum absolute atomic E-state index is 0.00338. The topological polar surface area (TPSA) is 118 Å². The number of hydrogen-bond acceptors (Lipinski definition) is 6. The average molecular weight is 434 g/mol. The quantitative estimate of drug-likeness (QED) is 0.397. The maximum absolute atomic E-state index is 12.2. The number of hydrogen-bond donors (Lipinski definition) is 2. The fourth-order valence-electron chi connectivity index (χ4n) is 2.78. The van der Waals surface area contributed by atoms with Gasteiger partial charge in [0.1, 0.15) is 0 Å². The molecule has 3 aromatic rings. The maximum atomic E-state index is 12.2. The summed E-state index contributed by atoms with van der Waals surface area (Å²) < 4.78 is 27.9. The molecule has 3 rings (SSSR count). The van der Waals surface area contributed by atoms with E-state index in [-0.39, 0.29) is 29.5 Å². The monoisotopic (exact) mass is 433 g/mol. The Bertz CT molecular complexity index is 1120. The van der Waals surface area contributed by atoms with Gasteiger partial charge in [-0.15, -0.1) is 11.3 Å². The SMILES string of the molecule is O=C(CCNS(=O)(=O)c1ccc([N+](=O)[O-])cc1)NCCc1csc2ccccc12. The summed E-state index contributed by atoms with van der Waals surface area (Å²) in [6.45, 7) is 0.404. The van der Waals surface area contributed by atoms with Crippen molar-refractivity contribution < 1.29 is 18.1 Å². The number of sulfonamides is 1. The van der Waals surface area contributed by atoms with Crippen LogP contribution in [0.2, 0.25) is 0 Å². The summed E-state index contributed by atoms with van der Waals surface area (Å²) in [5.74, 6) is -0.254. The number of nitro groups is 1. The van der Waals surface area contributed by atoms with Gasteiger partial charge in [-0.3, -0.25) is 14.9 Å². The first-order chi connectivity index (χ1) is 13.9. The van der Waals surface area contributed by atoms with Crippen LogP contribution < -0.4 is 10.0 Å². The Balaban J connectivity index is 1.43. The molecule has 0 aliphatic carbocycles. The summed E-state index contributed by atoms with van der Waals surface area (Å²) >= 11 is 1.66. The lowest BCUT2D eigenvalue weighted by molar-refractivity contribution is -0.384. The van der Waals surface area contributed by atoms with E-state index in [1.807, 2.05) is 12.1 Å². The molecule has 2 aromatic carbocycles. The summed E-state index contributed by atoms with van der Waals surface area (Å²) in [5, 5.41) is 16.7. The van der Waals surface area contributed by atoms with Gasteiger partial charge in [0.05, 0.1) is 9.82 Å². The van der Waals surface area contributed by atoms with E-state index in [4.69, 9.17) is 0 Å². The molecule has 0 saturated carbocycles. The molecule has 0 aliphatic heterocycles. The number of carbonyl (C=O) groups is 1. The predicted molar refractivity (Wildman–Crippen MR) is 111 cm³/mol.